The van der Waals surface area contributed by atoms with E-state index in [-0.39, 0.29) is 11.8 Å². The van der Waals surface area contributed by atoms with Crippen LogP contribution in [0.2, 0.25) is 18.1 Å². The average molecular weight is 539 g/mol. The van der Waals surface area contributed by atoms with Crippen molar-refractivity contribution < 1.29 is 53.9 Å². The molecule has 0 spiro atoms. The van der Waals surface area contributed by atoms with Crippen LogP contribution in [-0.4, -0.2) is 85.7 Å². The van der Waals surface area contributed by atoms with E-state index in [0.29, 0.717) is 13.0 Å². The molecule has 0 bridgehead atoms. The van der Waals surface area contributed by atoms with Crippen LogP contribution in [0.3, 0.4) is 0 Å². The Morgan fingerprint density at radius 2 is 1.62 bits per heavy atom. The summed E-state index contributed by atoms with van der Waals surface area (Å²) >= 11 is 0. The zero-order valence-electron chi connectivity index (χ0n) is 20.9. The van der Waals surface area contributed by atoms with Crippen LogP contribution in [0, 0.1) is 0 Å². The number of hydrogen-bond donors (Lipinski definition) is 0. The highest BCUT2D eigenvalue weighted by Crippen LogP contribution is 2.41. The van der Waals surface area contributed by atoms with Crippen LogP contribution in [0.1, 0.15) is 41.0 Å². The average Bonchev–Trinajstić information content (AvgIpc) is 2.98. The van der Waals surface area contributed by atoms with Gasteiger partial charge in [0.25, 0.3) is 0 Å². The Kier molecular flexibility index (Phi) is 9.30. The molecule has 2 aliphatic rings. The second-order valence-corrected chi connectivity index (χ2v) is 16.8. The summed E-state index contributed by atoms with van der Waals surface area (Å²) in [5.74, 6) is -1.10. The highest BCUT2D eigenvalue weighted by molar-refractivity contribution is 7.87. The molecule has 0 aromatic rings. The van der Waals surface area contributed by atoms with Crippen LogP contribution in [-0.2, 0) is 42.4 Å². The molecule has 0 radical (unpaired) electrons. The summed E-state index contributed by atoms with van der Waals surface area (Å²) in [6.45, 7) is 13.1. The first-order valence-corrected chi connectivity index (χ1v) is 15.3. The van der Waals surface area contributed by atoms with E-state index in [4.69, 9.17) is 28.1 Å². The summed E-state index contributed by atoms with van der Waals surface area (Å²) in [5.41, 5.74) is -5.55. The van der Waals surface area contributed by atoms with Crippen LogP contribution in [0.15, 0.2) is 0 Å². The lowest BCUT2D eigenvalue weighted by molar-refractivity contribution is -0.230. The number of fused-ring (bicyclic) bond motifs is 1. The van der Waals surface area contributed by atoms with Gasteiger partial charge in [-0.3, -0.25) is 4.18 Å². The zero-order chi connectivity index (χ0) is 26.2. The molecule has 202 valence electrons. The summed E-state index contributed by atoms with van der Waals surface area (Å²) < 4.78 is 100. The van der Waals surface area contributed by atoms with Gasteiger partial charge in [0, 0.05) is 13.7 Å². The fraction of sp³-hybridized carbons (Fsp3) is 1.00. The Morgan fingerprint density at radius 1 is 1.03 bits per heavy atom. The van der Waals surface area contributed by atoms with Crippen LogP contribution in [0.25, 0.3) is 0 Å². The standard InChI is InChI=1S/C20H37F3O9SSi/c1-18(2,3)34(7,8)29-10-9-13-15(27-12-26-6)17-16(31-19(4,5)32-17)14(30-13)11-28-33(24,25)20(21,22)23/h13-17H,9-12H2,1-8H3/t13-,14+,15+,16+,17-/m0/s1. The molecular formula is C20H37F3O9SSi. The molecule has 14 heteroatoms. The van der Waals surface area contributed by atoms with Crippen molar-refractivity contribution in [1.82, 2.24) is 0 Å². The lowest BCUT2D eigenvalue weighted by atomic mass is 9.93. The summed E-state index contributed by atoms with van der Waals surface area (Å²) in [4.78, 5) is 0. The summed E-state index contributed by atoms with van der Waals surface area (Å²) in [6.07, 6.45) is -3.87. The molecular weight excluding hydrogens is 501 g/mol. The molecule has 2 saturated heterocycles. The van der Waals surface area contributed by atoms with Gasteiger partial charge in [0.1, 0.15) is 31.2 Å². The van der Waals surface area contributed by atoms with Gasteiger partial charge in [-0.25, -0.2) is 0 Å². The van der Waals surface area contributed by atoms with Crippen LogP contribution in [0.5, 0.6) is 0 Å². The number of methoxy groups -OCH3 is 1. The Bertz CT molecular complexity index is 783. The number of rotatable bonds is 10. The smallest absolute Gasteiger partial charge is 0.417 e. The highest BCUT2D eigenvalue weighted by Gasteiger charge is 2.57. The maximum absolute atomic E-state index is 12.8. The van der Waals surface area contributed by atoms with Gasteiger partial charge in [-0.2, -0.15) is 21.6 Å². The van der Waals surface area contributed by atoms with E-state index in [1.54, 1.807) is 13.8 Å². The summed E-state index contributed by atoms with van der Waals surface area (Å²) in [6, 6.07) is 0. The van der Waals surface area contributed by atoms with Crippen molar-refractivity contribution in [3.63, 3.8) is 0 Å². The van der Waals surface area contributed by atoms with Crippen molar-refractivity contribution in [3.05, 3.63) is 0 Å². The molecule has 0 unspecified atom stereocenters. The normalized spacial score (nSPS) is 30.4. The molecule has 0 N–H and O–H groups in total. The number of alkyl halides is 3. The first kappa shape index (κ1) is 29.9. The first-order chi connectivity index (χ1) is 15.3. The summed E-state index contributed by atoms with van der Waals surface area (Å²) in [5, 5.41) is -0.0216. The third-order valence-corrected chi connectivity index (χ3v) is 11.8. The largest absolute Gasteiger partial charge is 0.523 e. The van der Waals surface area contributed by atoms with E-state index in [0.717, 1.165) is 0 Å². The molecule has 2 heterocycles. The van der Waals surface area contributed by atoms with Crippen molar-refractivity contribution >= 4 is 18.4 Å². The van der Waals surface area contributed by atoms with Gasteiger partial charge in [0.05, 0.1) is 12.7 Å². The van der Waals surface area contributed by atoms with Crippen molar-refractivity contribution in [2.45, 2.75) is 101 Å². The molecule has 2 rings (SSSR count). The molecule has 2 fully saturated rings. The van der Waals surface area contributed by atoms with Crippen LogP contribution in [0.4, 0.5) is 13.2 Å². The maximum atomic E-state index is 12.8. The Hall–Kier alpha value is -0.323. The maximum Gasteiger partial charge on any atom is 0.523 e. The molecule has 0 amide bonds. The van der Waals surface area contributed by atoms with Gasteiger partial charge in [-0.05, 0) is 38.4 Å². The lowest BCUT2D eigenvalue weighted by Gasteiger charge is -2.42. The monoisotopic (exact) mass is 538 g/mol. The van der Waals surface area contributed by atoms with E-state index in [1.165, 1.54) is 7.11 Å². The predicted octanol–water partition coefficient (Wildman–Crippen LogP) is 3.54. The second kappa shape index (κ2) is 10.6. The van der Waals surface area contributed by atoms with Crippen LogP contribution >= 0.6 is 0 Å². The molecule has 5 atom stereocenters. The third kappa shape index (κ3) is 7.13. The van der Waals surface area contributed by atoms with E-state index in [1.807, 2.05) is 0 Å². The van der Waals surface area contributed by atoms with E-state index >= 15 is 0 Å². The Balaban J connectivity index is 2.22. The van der Waals surface area contributed by atoms with Gasteiger partial charge in [-0.15, -0.1) is 0 Å². The van der Waals surface area contributed by atoms with Crippen molar-refractivity contribution in [2.75, 3.05) is 27.1 Å². The fourth-order valence-corrected chi connectivity index (χ4v) is 5.04. The first-order valence-electron chi connectivity index (χ1n) is 11.0. The molecule has 2 aliphatic heterocycles. The molecule has 0 aliphatic carbocycles. The molecule has 0 aromatic carbocycles. The zero-order valence-corrected chi connectivity index (χ0v) is 22.7. The number of halogens is 3. The van der Waals surface area contributed by atoms with Gasteiger partial charge in [0.15, 0.2) is 14.1 Å². The number of hydrogen-bond acceptors (Lipinski definition) is 9. The highest BCUT2D eigenvalue weighted by atomic mass is 32.2. The Morgan fingerprint density at radius 3 is 2.15 bits per heavy atom. The topological polar surface area (TPSA) is 98.8 Å². The van der Waals surface area contributed by atoms with Crippen molar-refractivity contribution in [2.24, 2.45) is 0 Å². The number of ether oxygens (including phenoxy) is 5. The summed E-state index contributed by atoms with van der Waals surface area (Å²) in [7, 11) is -6.42. The van der Waals surface area contributed by atoms with Crippen molar-refractivity contribution in [3.8, 4) is 0 Å². The van der Waals surface area contributed by atoms with Gasteiger partial charge in [-0.1, -0.05) is 20.8 Å². The Labute approximate surface area is 200 Å². The minimum Gasteiger partial charge on any atom is -0.417 e. The second-order valence-electron chi connectivity index (χ2n) is 10.4. The van der Waals surface area contributed by atoms with Gasteiger partial charge >= 0.3 is 15.6 Å². The SMILES string of the molecule is COCO[C@H]1[C@@H]2OC(C)(C)O[C@@H]2[C@@H](COS(=O)(=O)C(F)(F)F)O[C@H]1CCO[Si](C)(C)C(C)(C)C. The molecule has 9 nitrogen and oxygen atoms in total. The van der Waals surface area contributed by atoms with Crippen molar-refractivity contribution in [1.29, 1.82) is 0 Å². The van der Waals surface area contributed by atoms with E-state index in [2.05, 4.69) is 38.0 Å². The minimum absolute atomic E-state index is 0.0216. The fourth-order valence-electron chi connectivity index (χ4n) is 3.54. The molecule has 0 aromatic heterocycles. The van der Waals surface area contributed by atoms with E-state index in [9.17, 15) is 21.6 Å². The molecule has 0 saturated carbocycles. The minimum atomic E-state index is -5.80. The van der Waals surface area contributed by atoms with Gasteiger partial charge < -0.3 is 28.1 Å². The van der Waals surface area contributed by atoms with Gasteiger partial charge in [0.2, 0.25) is 0 Å². The predicted molar refractivity (Wildman–Crippen MR) is 118 cm³/mol. The lowest BCUT2D eigenvalue weighted by Crippen LogP contribution is -2.59. The van der Waals surface area contributed by atoms with Crippen LogP contribution < -0.4 is 0 Å². The molecule has 34 heavy (non-hydrogen) atoms. The third-order valence-electron chi connectivity index (χ3n) is 6.29. The van der Waals surface area contributed by atoms with E-state index < -0.39 is 66.9 Å². The quantitative estimate of drug-likeness (QED) is 0.179.